The zero-order chi connectivity index (χ0) is 39.7. The van der Waals surface area contributed by atoms with Crippen LogP contribution in [0, 0.1) is 0 Å². The van der Waals surface area contributed by atoms with Crippen molar-refractivity contribution in [3.8, 4) is 33.4 Å². The molecule has 3 heterocycles. The molecule has 3 heteroatoms. The summed E-state index contributed by atoms with van der Waals surface area (Å²) in [6.45, 7) is 4.73. The minimum absolute atomic E-state index is 0.125. The monoisotopic (exact) mass is 765 g/mol. The number of anilines is 3. The molecule has 0 saturated heterocycles. The number of nitrogens with zero attached hydrogens (tertiary/aromatic N) is 3. The summed E-state index contributed by atoms with van der Waals surface area (Å²) in [6.07, 6.45) is 0. The van der Waals surface area contributed by atoms with Crippen molar-refractivity contribution in [2.24, 2.45) is 0 Å². The van der Waals surface area contributed by atoms with E-state index in [1.165, 1.54) is 99.2 Å². The summed E-state index contributed by atoms with van der Waals surface area (Å²) in [7, 11) is 0. The van der Waals surface area contributed by atoms with Crippen molar-refractivity contribution in [1.82, 2.24) is 8.80 Å². The molecule has 0 atom stereocenters. The topological polar surface area (TPSA) is 12.1 Å². The first kappa shape index (κ1) is 33.4. The third kappa shape index (κ3) is 4.49. The third-order valence-corrected chi connectivity index (χ3v) is 13.4. The van der Waals surface area contributed by atoms with E-state index in [1.54, 1.807) is 0 Å². The molecule has 1 aliphatic carbocycles. The largest absolute Gasteiger partial charge is 0.310 e. The Balaban J connectivity index is 1.08. The van der Waals surface area contributed by atoms with Gasteiger partial charge in [-0.3, -0.25) is 0 Å². The third-order valence-electron chi connectivity index (χ3n) is 13.4. The highest BCUT2D eigenvalue weighted by Crippen LogP contribution is 2.51. The Labute approximate surface area is 348 Å². The average molecular weight is 766 g/mol. The van der Waals surface area contributed by atoms with E-state index in [9.17, 15) is 0 Å². The van der Waals surface area contributed by atoms with Crippen LogP contribution in [0.25, 0.3) is 88.0 Å². The van der Waals surface area contributed by atoms with E-state index < -0.39 is 0 Å². The molecule has 60 heavy (non-hydrogen) atoms. The molecule has 0 bridgehead atoms. The van der Waals surface area contributed by atoms with Gasteiger partial charge in [0.25, 0.3) is 0 Å². The Bertz CT molecular complexity index is 3700. The molecule has 0 unspecified atom stereocenters. The second kappa shape index (κ2) is 12.2. The van der Waals surface area contributed by atoms with E-state index in [0.29, 0.717) is 0 Å². The van der Waals surface area contributed by atoms with Crippen molar-refractivity contribution in [2.45, 2.75) is 19.3 Å². The average Bonchev–Trinajstić information content (AvgIpc) is 3.90. The normalized spacial score (nSPS) is 13.3. The van der Waals surface area contributed by atoms with Crippen LogP contribution >= 0.6 is 0 Å². The number of hydrogen-bond donors (Lipinski definition) is 0. The van der Waals surface area contributed by atoms with Crippen LogP contribution < -0.4 is 4.90 Å². The summed E-state index contributed by atoms with van der Waals surface area (Å²) in [6, 6.07) is 74.1. The SMILES string of the molecule is CC1(C)c2ccccc2-c2ccc(N(c3cccc(-c4ccccc4)c3)c3cccc(-c4cccc5c4n4c6ccccc6c6ccc7c8ccccc8n5c7c64)c3)cc21. The van der Waals surface area contributed by atoms with Gasteiger partial charge >= 0.3 is 0 Å². The van der Waals surface area contributed by atoms with Crippen LogP contribution in [0.15, 0.2) is 200 Å². The highest BCUT2D eigenvalue weighted by atomic mass is 15.1. The standard InChI is InChI=1S/C57H39N3/c1-57(2)49-25-9-6-21-43(49)44-30-29-41(35-50(44)57)58(39-19-12-17-37(33-39)36-15-4-3-5-16-36)40-20-13-18-38(34-40)42-24-14-28-53-54(42)60-52-27-11-8-23-46(52)48-32-31-47-45-22-7-10-26-51(45)59(53)55(47)56(48)60/h3-35H,1-2H3. The van der Waals surface area contributed by atoms with Gasteiger partial charge < -0.3 is 13.7 Å². The Morgan fingerprint density at radius 2 is 0.867 bits per heavy atom. The molecule has 0 aliphatic heterocycles. The van der Waals surface area contributed by atoms with Crippen LogP contribution in [0.4, 0.5) is 17.1 Å². The first-order valence-corrected chi connectivity index (χ1v) is 20.9. The zero-order valence-electron chi connectivity index (χ0n) is 33.4. The molecule has 3 aromatic heterocycles. The predicted molar refractivity (Wildman–Crippen MR) is 253 cm³/mol. The van der Waals surface area contributed by atoms with Gasteiger partial charge in [0.05, 0.1) is 33.1 Å². The summed E-state index contributed by atoms with van der Waals surface area (Å²) in [4.78, 5) is 2.45. The van der Waals surface area contributed by atoms with Gasteiger partial charge in [0.15, 0.2) is 0 Å². The molecule has 0 radical (unpaired) electrons. The van der Waals surface area contributed by atoms with Crippen LogP contribution in [0.2, 0.25) is 0 Å². The Hall–Kier alpha value is -7.62. The number of benzene rings is 9. The molecule has 0 saturated carbocycles. The van der Waals surface area contributed by atoms with E-state index in [1.807, 2.05) is 0 Å². The highest BCUT2D eigenvalue weighted by Gasteiger charge is 2.36. The van der Waals surface area contributed by atoms with Crippen LogP contribution in [0.5, 0.6) is 0 Å². The van der Waals surface area contributed by atoms with Gasteiger partial charge in [-0.15, -0.1) is 0 Å². The summed E-state index contributed by atoms with van der Waals surface area (Å²) >= 11 is 0. The van der Waals surface area contributed by atoms with Gasteiger partial charge in [-0.05, 0) is 93.5 Å². The summed E-state index contributed by atoms with van der Waals surface area (Å²) in [5, 5.41) is 5.12. The molecule has 0 amide bonds. The van der Waals surface area contributed by atoms with E-state index in [0.717, 1.165) is 17.1 Å². The fourth-order valence-electron chi connectivity index (χ4n) is 10.7. The van der Waals surface area contributed by atoms with Crippen LogP contribution in [-0.2, 0) is 5.41 Å². The molecule has 12 aromatic rings. The van der Waals surface area contributed by atoms with E-state index in [4.69, 9.17) is 0 Å². The Kier molecular flexibility index (Phi) is 6.78. The molecular formula is C57H39N3. The molecule has 3 nitrogen and oxygen atoms in total. The van der Waals surface area contributed by atoms with Crippen LogP contribution in [0.3, 0.4) is 0 Å². The Morgan fingerprint density at radius 3 is 1.63 bits per heavy atom. The number of para-hydroxylation sites is 3. The first-order valence-electron chi connectivity index (χ1n) is 20.9. The lowest BCUT2D eigenvalue weighted by atomic mass is 9.82. The van der Waals surface area contributed by atoms with Crippen molar-refractivity contribution in [1.29, 1.82) is 0 Å². The lowest BCUT2D eigenvalue weighted by Crippen LogP contribution is -2.16. The zero-order valence-corrected chi connectivity index (χ0v) is 33.4. The maximum Gasteiger partial charge on any atom is 0.0789 e. The molecular weight excluding hydrogens is 727 g/mol. The van der Waals surface area contributed by atoms with Gasteiger partial charge in [0, 0.05) is 49.6 Å². The summed E-state index contributed by atoms with van der Waals surface area (Å²) < 4.78 is 5.06. The van der Waals surface area contributed by atoms with Crippen molar-refractivity contribution in [3.63, 3.8) is 0 Å². The molecule has 13 rings (SSSR count). The minimum Gasteiger partial charge on any atom is -0.310 e. The van der Waals surface area contributed by atoms with Crippen molar-refractivity contribution in [3.05, 3.63) is 211 Å². The molecule has 0 N–H and O–H groups in total. The predicted octanol–water partition coefficient (Wildman–Crippen LogP) is 15.4. The minimum atomic E-state index is -0.125. The van der Waals surface area contributed by atoms with E-state index in [2.05, 4.69) is 228 Å². The maximum absolute atomic E-state index is 2.55. The molecule has 282 valence electrons. The van der Waals surface area contributed by atoms with Gasteiger partial charge in [-0.1, -0.05) is 159 Å². The quantitative estimate of drug-likeness (QED) is 0.159. The van der Waals surface area contributed by atoms with Crippen molar-refractivity contribution in [2.75, 3.05) is 4.90 Å². The number of aromatic nitrogens is 2. The molecule has 9 aromatic carbocycles. The smallest absolute Gasteiger partial charge is 0.0789 e. The summed E-state index contributed by atoms with van der Waals surface area (Å²) in [5.41, 5.74) is 20.8. The van der Waals surface area contributed by atoms with Gasteiger partial charge in [-0.2, -0.15) is 0 Å². The fraction of sp³-hybridized carbons (Fsp3) is 0.0526. The van der Waals surface area contributed by atoms with Crippen LogP contribution in [0.1, 0.15) is 25.0 Å². The van der Waals surface area contributed by atoms with Crippen molar-refractivity contribution >= 4 is 71.7 Å². The van der Waals surface area contributed by atoms with Gasteiger partial charge in [-0.25, -0.2) is 0 Å². The van der Waals surface area contributed by atoms with Crippen molar-refractivity contribution < 1.29 is 0 Å². The molecule has 0 spiro atoms. The van der Waals surface area contributed by atoms with E-state index in [-0.39, 0.29) is 5.41 Å². The van der Waals surface area contributed by atoms with E-state index >= 15 is 0 Å². The number of rotatable bonds is 5. The number of fused-ring (bicyclic) bond motifs is 12. The number of hydrogen-bond acceptors (Lipinski definition) is 1. The van der Waals surface area contributed by atoms with Crippen LogP contribution in [-0.4, -0.2) is 8.80 Å². The fourth-order valence-corrected chi connectivity index (χ4v) is 10.7. The Morgan fingerprint density at radius 1 is 0.333 bits per heavy atom. The maximum atomic E-state index is 2.55. The lowest BCUT2D eigenvalue weighted by Gasteiger charge is -2.29. The highest BCUT2D eigenvalue weighted by molar-refractivity contribution is 6.26. The lowest BCUT2D eigenvalue weighted by molar-refractivity contribution is 0.660. The van der Waals surface area contributed by atoms with Gasteiger partial charge in [0.1, 0.15) is 0 Å². The second-order valence-corrected chi connectivity index (χ2v) is 16.9. The van der Waals surface area contributed by atoms with Gasteiger partial charge in [0.2, 0.25) is 0 Å². The molecule has 0 fully saturated rings. The first-order chi connectivity index (χ1) is 29.5. The second-order valence-electron chi connectivity index (χ2n) is 16.9. The summed E-state index contributed by atoms with van der Waals surface area (Å²) in [5.74, 6) is 0. The molecule has 1 aliphatic rings.